The minimum Gasteiger partial charge on any atom is -0.487 e. The molecule has 0 saturated carbocycles. The van der Waals surface area contributed by atoms with Crippen LogP contribution in [0.5, 0.6) is 5.75 Å². The van der Waals surface area contributed by atoms with E-state index in [1.807, 2.05) is 6.07 Å². The molecule has 4 nitrogen and oxygen atoms in total. The fourth-order valence-corrected chi connectivity index (χ4v) is 3.06. The summed E-state index contributed by atoms with van der Waals surface area (Å²) in [6.07, 6.45) is 10.5. The maximum atomic E-state index is 8.36. The van der Waals surface area contributed by atoms with E-state index in [2.05, 4.69) is 24.4 Å². The van der Waals surface area contributed by atoms with E-state index in [9.17, 15) is 0 Å². The van der Waals surface area contributed by atoms with Gasteiger partial charge in [-0.15, -0.1) is 0 Å². The average Bonchev–Trinajstić information content (AvgIpc) is 3.07. The van der Waals surface area contributed by atoms with Gasteiger partial charge >= 0.3 is 0 Å². The summed E-state index contributed by atoms with van der Waals surface area (Å²) in [7, 11) is 0. The smallest absolute Gasteiger partial charge is 0.290 e. The normalized spacial score (nSPS) is 16.3. The first-order valence-corrected chi connectivity index (χ1v) is 9.32. The van der Waals surface area contributed by atoms with Crippen molar-refractivity contribution in [3.8, 4) is 5.75 Å². The molecule has 1 aliphatic heterocycles. The van der Waals surface area contributed by atoms with Gasteiger partial charge in [-0.25, -0.2) is 0 Å². The van der Waals surface area contributed by atoms with E-state index >= 15 is 0 Å². The number of hydrogen-bond acceptors (Lipinski definition) is 3. The van der Waals surface area contributed by atoms with Gasteiger partial charge in [0.25, 0.3) is 6.47 Å². The highest BCUT2D eigenvalue weighted by Gasteiger charge is 2.17. The second-order valence-electron chi connectivity index (χ2n) is 6.12. The third kappa shape index (κ3) is 8.55. The number of rotatable bonds is 9. The summed E-state index contributed by atoms with van der Waals surface area (Å²) < 4.78 is 5.94. The Morgan fingerprint density at radius 1 is 1.29 bits per heavy atom. The first-order valence-electron chi connectivity index (χ1n) is 8.95. The van der Waals surface area contributed by atoms with Gasteiger partial charge in [-0.3, -0.25) is 4.79 Å². The molecular weight excluding hydrogens is 326 g/mol. The van der Waals surface area contributed by atoms with Crippen molar-refractivity contribution in [3.05, 3.63) is 28.8 Å². The number of halogens is 1. The minimum absolute atomic E-state index is 0.250. The zero-order valence-corrected chi connectivity index (χ0v) is 15.4. The Hall–Kier alpha value is -1.26. The standard InChI is InChI=1S/C18H28ClNO.CH2O2/c1-2-3-4-5-6-7-8-15-9-10-18(17(19)13-15)21-16-11-12-20-14-16;2-1-3/h9-10,13,16,20H,2-8,11-12,14H2,1H3;1H,(H,2,3). The first-order chi connectivity index (χ1) is 11.7. The highest BCUT2D eigenvalue weighted by molar-refractivity contribution is 6.32. The highest BCUT2D eigenvalue weighted by Crippen LogP contribution is 2.28. The Labute approximate surface area is 150 Å². The van der Waals surface area contributed by atoms with Gasteiger partial charge in [0, 0.05) is 6.54 Å². The molecule has 1 aliphatic rings. The van der Waals surface area contributed by atoms with Gasteiger partial charge in [0.05, 0.1) is 5.02 Å². The summed E-state index contributed by atoms with van der Waals surface area (Å²) in [6.45, 7) is 3.97. The van der Waals surface area contributed by atoms with Crippen LogP contribution in [0.1, 0.15) is 57.4 Å². The maximum absolute atomic E-state index is 8.36. The number of carboxylic acid groups (broad SMARTS) is 1. The highest BCUT2D eigenvalue weighted by atomic mass is 35.5. The van der Waals surface area contributed by atoms with E-state index in [1.165, 1.54) is 44.1 Å². The molecule has 0 aromatic heterocycles. The van der Waals surface area contributed by atoms with Crippen molar-refractivity contribution in [3.63, 3.8) is 0 Å². The molecule has 0 amide bonds. The molecule has 1 aromatic rings. The van der Waals surface area contributed by atoms with Crippen LogP contribution in [0.4, 0.5) is 0 Å². The van der Waals surface area contributed by atoms with Gasteiger partial charge in [0.2, 0.25) is 0 Å². The van der Waals surface area contributed by atoms with Crippen LogP contribution in [0.25, 0.3) is 0 Å². The molecule has 24 heavy (non-hydrogen) atoms. The van der Waals surface area contributed by atoms with Crippen molar-refractivity contribution in [1.29, 1.82) is 0 Å². The lowest BCUT2D eigenvalue weighted by Crippen LogP contribution is -2.19. The second-order valence-corrected chi connectivity index (χ2v) is 6.53. The van der Waals surface area contributed by atoms with Gasteiger partial charge in [0.1, 0.15) is 11.9 Å². The van der Waals surface area contributed by atoms with E-state index in [0.29, 0.717) is 0 Å². The molecule has 0 bridgehead atoms. The zero-order chi connectivity index (χ0) is 17.6. The third-order valence-corrected chi connectivity index (χ3v) is 4.42. The van der Waals surface area contributed by atoms with Crippen LogP contribution in [0.2, 0.25) is 5.02 Å². The van der Waals surface area contributed by atoms with Crippen molar-refractivity contribution in [2.75, 3.05) is 13.1 Å². The molecule has 136 valence electrons. The van der Waals surface area contributed by atoms with Crippen molar-refractivity contribution in [2.24, 2.45) is 0 Å². The molecule has 1 aromatic carbocycles. The minimum atomic E-state index is -0.250. The van der Waals surface area contributed by atoms with Crippen LogP contribution in [0, 0.1) is 0 Å². The van der Waals surface area contributed by atoms with Gasteiger partial charge in [-0.05, 0) is 43.5 Å². The topological polar surface area (TPSA) is 58.6 Å². The maximum Gasteiger partial charge on any atom is 0.290 e. The van der Waals surface area contributed by atoms with Gasteiger partial charge in [-0.2, -0.15) is 0 Å². The van der Waals surface area contributed by atoms with E-state index in [4.69, 9.17) is 26.2 Å². The van der Waals surface area contributed by atoms with Crippen molar-refractivity contribution in [2.45, 2.75) is 64.4 Å². The molecular formula is C19H30ClNO3. The number of nitrogens with one attached hydrogen (secondary N) is 1. The molecule has 1 saturated heterocycles. The number of carbonyl (C=O) groups is 1. The third-order valence-electron chi connectivity index (χ3n) is 4.12. The fourth-order valence-electron chi connectivity index (χ4n) is 2.81. The van der Waals surface area contributed by atoms with Gasteiger partial charge in [0.15, 0.2) is 0 Å². The van der Waals surface area contributed by atoms with Crippen LogP contribution in [0.15, 0.2) is 18.2 Å². The Kier molecular flexibility index (Phi) is 11.3. The SMILES string of the molecule is CCCCCCCCc1ccc(OC2CCNC2)c(Cl)c1.O=CO. The van der Waals surface area contributed by atoms with Crippen molar-refractivity contribution < 1.29 is 14.6 Å². The summed E-state index contributed by atoms with van der Waals surface area (Å²) >= 11 is 6.34. The molecule has 1 fully saturated rings. The Bertz CT molecular complexity index is 462. The summed E-state index contributed by atoms with van der Waals surface area (Å²) in [5.41, 5.74) is 1.33. The molecule has 0 aliphatic carbocycles. The predicted molar refractivity (Wildman–Crippen MR) is 99.1 cm³/mol. The average molecular weight is 356 g/mol. The van der Waals surface area contributed by atoms with Crippen LogP contribution < -0.4 is 10.1 Å². The molecule has 1 heterocycles. The number of ether oxygens (including phenoxy) is 1. The second kappa shape index (κ2) is 13.1. The quantitative estimate of drug-likeness (QED) is 0.498. The van der Waals surface area contributed by atoms with Crippen LogP contribution in [0.3, 0.4) is 0 Å². The van der Waals surface area contributed by atoms with E-state index in [0.717, 1.165) is 36.7 Å². The van der Waals surface area contributed by atoms with Gasteiger partial charge < -0.3 is 15.2 Å². The Balaban J connectivity index is 0.000000891. The number of benzene rings is 1. The van der Waals surface area contributed by atoms with E-state index in [-0.39, 0.29) is 12.6 Å². The van der Waals surface area contributed by atoms with Crippen molar-refractivity contribution in [1.82, 2.24) is 5.32 Å². The summed E-state index contributed by atoms with van der Waals surface area (Å²) in [4.78, 5) is 8.36. The molecule has 2 rings (SSSR count). The zero-order valence-electron chi connectivity index (χ0n) is 14.6. The fraction of sp³-hybridized carbons (Fsp3) is 0.632. The number of aryl methyl sites for hydroxylation is 1. The summed E-state index contributed by atoms with van der Waals surface area (Å²) in [6, 6.07) is 6.27. The first kappa shape index (κ1) is 20.8. The van der Waals surface area contributed by atoms with Crippen LogP contribution in [-0.2, 0) is 11.2 Å². The molecule has 5 heteroatoms. The predicted octanol–water partition coefficient (Wildman–Crippen LogP) is 4.68. The monoisotopic (exact) mass is 355 g/mol. The Morgan fingerprint density at radius 3 is 2.62 bits per heavy atom. The Morgan fingerprint density at radius 2 is 2.00 bits per heavy atom. The lowest BCUT2D eigenvalue weighted by atomic mass is 10.0. The summed E-state index contributed by atoms with van der Waals surface area (Å²) in [5, 5.41) is 10.9. The van der Waals surface area contributed by atoms with Gasteiger partial charge in [-0.1, -0.05) is 56.7 Å². The molecule has 0 radical (unpaired) electrons. The molecule has 1 unspecified atom stereocenters. The van der Waals surface area contributed by atoms with E-state index < -0.39 is 0 Å². The largest absolute Gasteiger partial charge is 0.487 e. The lowest BCUT2D eigenvalue weighted by molar-refractivity contribution is -0.122. The summed E-state index contributed by atoms with van der Waals surface area (Å²) in [5.74, 6) is 0.831. The lowest BCUT2D eigenvalue weighted by Gasteiger charge is -2.14. The van der Waals surface area contributed by atoms with Crippen LogP contribution >= 0.6 is 11.6 Å². The van der Waals surface area contributed by atoms with E-state index in [1.54, 1.807) is 0 Å². The molecule has 0 spiro atoms. The number of hydrogen-bond donors (Lipinski definition) is 2. The van der Waals surface area contributed by atoms with Crippen molar-refractivity contribution >= 4 is 18.1 Å². The molecule has 1 atom stereocenters. The van der Waals surface area contributed by atoms with Crippen LogP contribution in [-0.4, -0.2) is 30.8 Å². The number of unbranched alkanes of at least 4 members (excludes halogenated alkanes) is 5. The molecule has 2 N–H and O–H groups in total.